The number of piperidine rings is 2. The Morgan fingerprint density at radius 3 is 1.74 bits per heavy atom. The van der Waals surface area contributed by atoms with E-state index in [0.717, 1.165) is 25.9 Å². The summed E-state index contributed by atoms with van der Waals surface area (Å²) in [4.78, 5) is 13.6. The largest absolute Gasteiger partial charge is 0.490 e. The maximum absolute atomic E-state index is 13.4. The number of nitrogens with one attached hydrogen (secondary N) is 1. The van der Waals surface area contributed by atoms with Crippen LogP contribution in [0.3, 0.4) is 0 Å². The van der Waals surface area contributed by atoms with Crippen LogP contribution in [0.15, 0.2) is 36.4 Å². The highest BCUT2D eigenvalue weighted by atomic mass is 35.5. The highest BCUT2D eigenvalue weighted by molar-refractivity contribution is 6.31. The van der Waals surface area contributed by atoms with Gasteiger partial charge in [-0.05, 0) is 71.0 Å². The summed E-state index contributed by atoms with van der Waals surface area (Å²) in [6.45, 7) is 8.58. The topological polar surface area (TPSA) is 60.0 Å². The third-order valence-corrected chi connectivity index (χ3v) is 6.38. The first-order valence-corrected chi connectivity index (χ1v) is 13.2. The van der Waals surface area contributed by atoms with Gasteiger partial charge in [-0.25, -0.2) is 13.6 Å². The SMILES string of the molecule is CC(C)(C)OC(=O)N1CCC(Oc2ccc(Cl)c(F)c2)CC1.Cl.Fc1cc(OC2CCNCC2)ccc1Cl. The number of carbonyl (C=O) groups excluding carboxylic acids is 1. The Labute approximate surface area is 239 Å². The molecule has 6 nitrogen and oxygen atoms in total. The average molecular weight is 596 g/mol. The first-order valence-electron chi connectivity index (χ1n) is 12.4. The number of amides is 1. The van der Waals surface area contributed by atoms with E-state index in [1.165, 1.54) is 24.3 Å². The summed E-state index contributed by atoms with van der Waals surface area (Å²) in [6.07, 6.45) is 3.14. The van der Waals surface area contributed by atoms with Crippen LogP contribution in [0, 0.1) is 11.6 Å². The summed E-state index contributed by atoms with van der Waals surface area (Å²) in [6, 6.07) is 8.96. The van der Waals surface area contributed by atoms with E-state index in [-0.39, 0.29) is 40.8 Å². The molecule has 0 aliphatic carbocycles. The van der Waals surface area contributed by atoms with Crippen LogP contribution < -0.4 is 14.8 Å². The van der Waals surface area contributed by atoms with Crippen LogP contribution >= 0.6 is 35.6 Å². The molecule has 212 valence electrons. The summed E-state index contributed by atoms with van der Waals surface area (Å²) >= 11 is 11.2. The van der Waals surface area contributed by atoms with Crippen molar-refractivity contribution in [2.24, 2.45) is 0 Å². The predicted octanol–water partition coefficient (Wildman–Crippen LogP) is 7.29. The number of rotatable bonds is 4. The van der Waals surface area contributed by atoms with Crippen LogP contribution in [-0.2, 0) is 4.74 Å². The van der Waals surface area contributed by atoms with Crippen LogP contribution in [0.1, 0.15) is 46.5 Å². The fourth-order valence-electron chi connectivity index (χ4n) is 3.88. The van der Waals surface area contributed by atoms with Gasteiger partial charge in [0.2, 0.25) is 0 Å². The van der Waals surface area contributed by atoms with E-state index in [0.29, 0.717) is 37.4 Å². The zero-order chi connectivity index (χ0) is 27.0. The Morgan fingerprint density at radius 1 is 0.868 bits per heavy atom. The van der Waals surface area contributed by atoms with Crippen LogP contribution in [0.5, 0.6) is 11.5 Å². The normalized spacial score (nSPS) is 16.6. The zero-order valence-electron chi connectivity index (χ0n) is 21.8. The molecule has 1 amide bonds. The second-order valence-corrected chi connectivity index (χ2v) is 10.8. The molecule has 2 saturated heterocycles. The van der Waals surface area contributed by atoms with E-state index >= 15 is 0 Å². The van der Waals surface area contributed by atoms with Crippen molar-refractivity contribution in [3.63, 3.8) is 0 Å². The van der Waals surface area contributed by atoms with Gasteiger partial charge < -0.3 is 24.4 Å². The fraction of sp³-hybridized carbons (Fsp3) is 0.519. The molecule has 2 heterocycles. The molecule has 1 N–H and O–H groups in total. The smallest absolute Gasteiger partial charge is 0.410 e. The third kappa shape index (κ3) is 10.6. The van der Waals surface area contributed by atoms with Gasteiger partial charge in [-0.1, -0.05) is 23.2 Å². The Hall–Kier alpha value is -2.00. The third-order valence-electron chi connectivity index (χ3n) is 5.77. The predicted molar refractivity (Wildman–Crippen MR) is 148 cm³/mol. The molecule has 2 aromatic rings. The van der Waals surface area contributed by atoms with E-state index in [1.54, 1.807) is 17.0 Å². The van der Waals surface area contributed by atoms with Gasteiger partial charge in [-0.15, -0.1) is 12.4 Å². The van der Waals surface area contributed by atoms with Gasteiger partial charge in [0, 0.05) is 38.1 Å². The van der Waals surface area contributed by atoms with E-state index in [9.17, 15) is 13.6 Å². The molecule has 0 atom stereocenters. The average Bonchev–Trinajstić information content (AvgIpc) is 2.84. The van der Waals surface area contributed by atoms with Gasteiger partial charge >= 0.3 is 6.09 Å². The molecule has 0 saturated carbocycles. The van der Waals surface area contributed by atoms with Crippen LogP contribution in [0.4, 0.5) is 13.6 Å². The van der Waals surface area contributed by atoms with Crippen molar-refractivity contribution in [2.45, 2.75) is 64.3 Å². The maximum Gasteiger partial charge on any atom is 0.410 e. The molecule has 2 aliphatic rings. The number of nitrogens with zero attached hydrogens (tertiary/aromatic N) is 1. The number of benzene rings is 2. The van der Waals surface area contributed by atoms with Crippen molar-refractivity contribution in [3.05, 3.63) is 58.1 Å². The Balaban J connectivity index is 0.000000277. The quantitative estimate of drug-likeness (QED) is 0.402. The summed E-state index contributed by atoms with van der Waals surface area (Å²) in [5.74, 6) is 0.0925. The van der Waals surface area contributed by atoms with E-state index in [1.807, 2.05) is 20.8 Å². The monoisotopic (exact) mass is 594 g/mol. The van der Waals surface area contributed by atoms with Gasteiger partial charge in [0.25, 0.3) is 0 Å². The van der Waals surface area contributed by atoms with Crippen molar-refractivity contribution in [1.29, 1.82) is 0 Å². The Morgan fingerprint density at radius 2 is 1.32 bits per heavy atom. The number of hydrogen-bond acceptors (Lipinski definition) is 5. The molecular weight excluding hydrogens is 561 g/mol. The molecule has 0 aromatic heterocycles. The maximum atomic E-state index is 13.4. The number of hydrogen-bond donors (Lipinski definition) is 1. The van der Waals surface area contributed by atoms with Crippen LogP contribution in [0.25, 0.3) is 0 Å². The summed E-state index contributed by atoms with van der Waals surface area (Å²) in [7, 11) is 0. The van der Waals surface area contributed by atoms with E-state index in [2.05, 4.69) is 5.32 Å². The number of ether oxygens (including phenoxy) is 3. The fourth-order valence-corrected chi connectivity index (χ4v) is 4.12. The zero-order valence-corrected chi connectivity index (χ0v) is 24.1. The van der Waals surface area contributed by atoms with Crippen molar-refractivity contribution < 1.29 is 27.8 Å². The second kappa shape index (κ2) is 15.0. The Kier molecular flexibility index (Phi) is 12.7. The van der Waals surface area contributed by atoms with Crippen LogP contribution in [-0.4, -0.2) is 55.0 Å². The molecule has 0 radical (unpaired) electrons. The molecule has 11 heteroatoms. The standard InChI is InChI=1S/C16H21ClFNO3.C11H13ClFNO.ClH/c1-16(2,3)22-15(20)19-8-6-11(7-9-19)21-12-4-5-13(17)14(18)10-12;12-10-2-1-9(7-11(10)13)15-8-3-5-14-6-4-8;/h4-5,10-11H,6-9H2,1-3H3;1-2,7-8,14H,3-6H2;1H. The van der Waals surface area contributed by atoms with Gasteiger partial charge in [-0.2, -0.15) is 0 Å². The van der Waals surface area contributed by atoms with Crippen LogP contribution in [0.2, 0.25) is 10.0 Å². The minimum absolute atomic E-state index is 0. The lowest BCUT2D eigenvalue weighted by Crippen LogP contribution is -2.44. The van der Waals surface area contributed by atoms with Crippen molar-refractivity contribution >= 4 is 41.7 Å². The van der Waals surface area contributed by atoms with Crippen molar-refractivity contribution in [1.82, 2.24) is 10.2 Å². The highest BCUT2D eigenvalue weighted by Crippen LogP contribution is 2.25. The van der Waals surface area contributed by atoms with Gasteiger partial charge in [0.15, 0.2) is 0 Å². The minimum Gasteiger partial charge on any atom is -0.490 e. The number of likely N-dealkylation sites (tertiary alicyclic amines) is 1. The van der Waals surface area contributed by atoms with Crippen molar-refractivity contribution in [3.8, 4) is 11.5 Å². The van der Waals surface area contributed by atoms with Crippen molar-refractivity contribution in [2.75, 3.05) is 26.2 Å². The number of carbonyl (C=O) groups is 1. The number of halogens is 5. The Bertz CT molecular complexity index is 1040. The molecular formula is C27H35Cl3F2N2O4. The highest BCUT2D eigenvalue weighted by Gasteiger charge is 2.27. The molecule has 2 aliphatic heterocycles. The minimum atomic E-state index is -0.495. The van der Waals surface area contributed by atoms with Gasteiger partial charge in [0.05, 0.1) is 10.0 Å². The lowest BCUT2D eigenvalue weighted by molar-refractivity contribution is 0.0126. The molecule has 2 fully saturated rings. The van der Waals surface area contributed by atoms with Gasteiger partial charge in [-0.3, -0.25) is 0 Å². The summed E-state index contributed by atoms with van der Waals surface area (Å²) < 4.78 is 43.2. The second-order valence-electron chi connectivity index (χ2n) is 10.0. The first kappa shape index (κ1) is 32.2. The van der Waals surface area contributed by atoms with Gasteiger partial charge in [0.1, 0.15) is 40.9 Å². The van der Waals surface area contributed by atoms with E-state index in [4.69, 9.17) is 37.4 Å². The molecule has 38 heavy (non-hydrogen) atoms. The lowest BCUT2D eigenvalue weighted by atomic mass is 10.1. The molecule has 4 rings (SSSR count). The molecule has 0 unspecified atom stereocenters. The molecule has 0 bridgehead atoms. The van der Waals surface area contributed by atoms with E-state index < -0.39 is 17.2 Å². The summed E-state index contributed by atoms with van der Waals surface area (Å²) in [5.41, 5.74) is -0.495. The first-order chi connectivity index (χ1) is 17.5. The lowest BCUT2D eigenvalue weighted by Gasteiger charge is -2.33. The molecule has 0 spiro atoms. The molecule has 2 aromatic carbocycles. The summed E-state index contributed by atoms with van der Waals surface area (Å²) in [5, 5.41) is 3.45.